The van der Waals surface area contributed by atoms with Gasteiger partial charge in [-0.3, -0.25) is 10.6 Å². The van der Waals surface area contributed by atoms with Crippen LogP contribution in [0.3, 0.4) is 0 Å². The number of aryl methyl sites for hydroxylation is 3. The molecule has 21 heteroatoms. The smallest absolute Gasteiger partial charge is 0.353 e. The molecule has 0 atom stereocenters. The summed E-state index contributed by atoms with van der Waals surface area (Å²) in [4.78, 5) is 68.0. The summed E-state index contributed by atoms with van der Waals surface area (Å²) in [5.74, 6) is 1.26. The Balaban J connectivity index is 0.000000241. The maximum atomic E-state index is 12.5. The van der Waals surface area contributed by atoms with Crippen LogP contribution < -0.4 is 30.7 Å². The van der Waals surface area contributed by atoms with Gasteiger partial charge < -0.3 is 35.3 Å². The lowest BCUT2D eigenvalue weighted by Crippen LogP contribution is -2.20. The van der Waals surface area contributed by atoms with E-state index in [4.69, 9.17) is 19.7 Å². The van der Waals surface area contributed by atoms with Crippen molar-refractivity contribution in [1.82, 2.24) is 24.9 Å². The number of nitrogens with one attached hydrogen (secondary N) is 5. The topological polar surface area (TPSA) is 243 Å². The number of imidazole rings is 1. The number of carbonyl (C=O) groups is 4. The number of hydrogen-bond acceptors (Lipinski definition) is 14. The van der Waals surface area contributed by atoms with Crippen molar-refractivity contribution >= 4 is 91.8 Å². The zero-order valence-corrected chi connectivity index (χ0v) is 39.2. The monoisotopic (exact) mass is 947 g/mol. The number of urea groups is 2. The Morgan fingerprint density at radius 3 is 1.73 bits per heavy atom. The van der Waals surface area contributed by atoms with Gasteiger partial charge in [-0.1, -0.05) is 51.6 Å². The SMILES string of the molecule is Cc1ccc(NC(=O)Nc2ncc(CCSc3ncc(C(=O)O)[nH]3)s2)c(OCC(C)C)c1.Cc1ccc(NC(=O)Nc2ncc(CSc3ccc(C(=O)O)cn3)s2)c(OCC(C)C)c1. The third-order valence-corrected chi connectivity index (χ3v) is 12.1. The summed E-state index contributed by atoms with van der Waals surface area (Å²) in [5.41, 5.74) is 3.50. The van der Waals surface area contributed by atoms with Crippen molar-refractivity contribution in [3.63, 3.8) is 0 Å². The summed E-state index contributed by atoms with van der Waals surface area (Å²) in [6.07, 6.45) is 6.75. The molecule has 0 aliphatic rings. The van der Waals surface area contributed by atoms with E-state index in [2.05, 4.69) is 73.9 Å². The molecule has 4 heterocycles. The van der Waals surface area contributed by atoms with Crippen LogP contribution in [0, 0.1) is 25.7 Å². The van der Waals surface area contributed by atoms with Crippen LogP contribution >= 0.6 is 46.2 Å². The Labute approximate surface area is 386 Å². The normalized spacial score (nSPS) is 10.8. The van der Waals surface area contributed by atoms with E-state index >= 15 is 0 Å². The highest BCUT2D eigenvalue weighted by atomic mass is 32.2. The number of aromatic amines is 1. The van der Waals surface area contributed by atoms with E-state index in [0.717, 1.165) is 20.9 Å². The van der Waals surface area contributed by atoms with Crippen LogP contribution in [0.1, 0.15) is 69.4 Å². The molecule has 2 aromatic carbocycles. The summed E-state index contributed by atoms with van der Waals surface area (Å²) in [7, 11) is 0. The Bertz CT molecular complexity index is 2510. The minimum absolute atomic E-state index is 0.0640. The quantitative estimate of drug-likeness (QED) is 0.0374. The van der Waals surface area contributed by atoms with Gasteiger partial charge in [0.25, 0.3) is 0 Å². The van der Waals surface area contributed by atoms with Crippen molar-refractivity contribution in [1.29, 1.82) is 0 Å². The average molecular weight is 948 g/mol. The number of thioether (sulfide) groups is 2. The molecule has 0 saturated carbocycles. The minimum Gasteiger partial charge on any atom is -0.491 e. The highest BCUT2D eigenvalue weighted by Crippen LogP contribution is 2.30. The first-order valence-corrected chi connectivity index (χ1v) is 23.5. The van der Waals surface area contributed by atoms with Gasteiger partial charge in [-0.2, -0.15) is 0 Å². The van der Waals surface area contributed by atoms with E-state index in [1.54, 1.807) is 18.5 Å². The van der Waals surface area contributed by atoms with Crippen LogP contribution in [0.25, 0.3) is 0 Å². The van der Waals surface area contributed by atoms with Gasteiger partial charge in [0.15, 0.2) is 15.4 Å². The zero-order valence-electron chi connectivity index (χ0n) is 35.9. The summed E-state index contributed by atoms with van der Waals surface area (Å²) in [6.45, 7) is 13.3. The number of ether oxygens (including phenoxy) is 2. The van der Waals surface area contributed by atoms with Gasteiger partial charge in [0.05, 0.1) is 41.4 Å². The fourth-order valence-corrected chi connectivity index (χ4v) is 8.53. The molecule has 0 radical (unpaired) electrons. The minimum atomic E-state index is -1.04. The molecule has 0 fully saturated rings. The second-order valence-electron chi connectivity index (χ2n) is 14.8. The number of pyridine rings is 1. The average Bonchev–Trinajstić information content (AvgIpc) is 4.03. The Morgan fingerprint density at radius 1 is 0.672 bits per heavy atom. The highest BCUT2D eigenvalue weighted by Gasteiger charge is 2.15. The number of nitrogens with zero attached hydrogens (tertiary/aromatic N) is 4. The molecule has 0 aliphatic carbocycles. The summed E-state index contributed by atoms with van der Waals surface area (Å²) in [6, 6.07) is 13.6. The number of H-pyrrole nitrogens is 1. The summed E-state index contributed by atoms with van der Waals surface area (Å²) >= 11 is 5.63. The number of rotatable bonds is 19. The van der Waals surface area contributed by atoms with Crippen molar-refractivity contribution in [2.75, 3.05) is 40.2 Å². The number of benzene rings is 2. The Morgan fingerprint density at radius 2 is 1.23 bits per heavy atom. The third kappa shape index (κ3) is 16.2. The van der Waals surface area contributed by atoms with Crippen molar-refractivity contribution in [3.05, 3.63) is 105 Å². The van der Waals surface area contributed by atoms with Crippen LogP contribution in [0.5, 0.6) is 11.5 Å². The van der Waals surface area contributed by atoms with Crippen molar-refractivity contribution < 1.29 is 38.9 Å². The van der Waals surface area contributed by atoms with Gasteiger partial charge in [0, 0.05) is 39.9 Å². The van der Waals surface area contributed by atoms with Crippen molar-refractivity contribution in [3.8, 4) is 11.5 Å². The van der Waals surface area contributed by atoms with Gasteiger partial charge in [-0.05, 0) is 79.6 Å². The van der Waals surface area contributed by atoms with Crippen LogP contribution in [-0.4, -0.2) is 78.1 Å². The van der Waals surface area contributed by atoms with Crippen LogP contribution in [0.2, 0.25) is 0 Å². The predicted octanol–water partition coefficient (Wildman–Crippen LogP) is 10.4. The lowest BCUT2D eigenvalue weighted by molar-refractivity contribution is 0.0682. The molecule has 0 bridgehead atoms. The maximum Gasteiger partial charge on any atom is 0.353 e. The standard InChI is InChI=1S/C22H24N4O4S2.C21H25N5O4S2/c1-13(2)11-30-18-8-14(3)4-6-17(18)25-21(29)26-22-24-10-16(32-22)12-31-19-7-5-15(9-23-19)20(27)28;1-12(2)11-30-17-8-13(3)4-5-15(17)24-19(29)26-21-22-9-14(32-21)6-7-31-20-23-10-16(25-20)18(27)28/h4-10,13H,11-12H2,1-3H3,(H,27,28)(H2,24,25,26,29);4-5,8-10,12H,6-7,11H2,1-3H3,(H,23,25)(H,27,28)(H2,22,24,26,29). The fraction of sp³-hybridized carbons (Fsp3) is 0.302. The molecule has 4 aromatic heterocycles. The number of aromatic carboxylic acids is 2. The molecule has 6 rings (SSSR count). The van der Waals surface area contributed by atoms with E-state index < -0.39 is 24.0 Å². The number of amides is 4. The van der Waals surface area contributed by atoms with Crippen LogP contribution in [0.15, 0.2) is 83.5 Å². The number of carboxylic acids is 2. The Hall–Kier alpha value is -6.16. The third-order valence-electron chi connectivity index (χ3n) is 8.18. The second kappa shape index (κ2) is 24.1. The van der Waals surface area contributed by atoms with Gasteiger partial charge in [0.1, 0.15) is 17.2 Å². The van der Waals surface area contributed by atoms with Gasteiger partial charge in [-0.15, -0.1) is 34.4 Å². The molecule has 0 spiro atoms. The highest BCUT2D eigenvalue weighted by molar-refractivity contribution is 7.99. The van der Waals surface area contributed by atoms with Crippen LogP contribution in [0.4, 0.5) is 31.2 Å². The largest absolute Gasteiger partial charge is 0.491 e. The van der Waals surface area contributed by atoms with Gasteiger partial charge in [-0.25, -0.2) is 39.1 Å². The van der Waals surface area contributed by atoms with E-state index in [9.17, 15) is 19.2 Å². The molecule has 0 saturated heterocycles. The molecule has 4 amide bonds. The molecular formula is C43H49N9O8S4. The fourth-order valence-electron chi connectivity index (χ4n) is 5.10. The number of anilines is 4. The Kier molecular flexibility index (Phi) is 18.4. The molecule has 17 nitrogen and oxygen atoms in total. The van der Waals surface area contributed by atoms with E-state index in [0.29, 0.717) is 86.3 Å². The predicted molar refractivity (Wildman–Crippen MR) is 253 cm³/mol. The molecule has 0 aliphatic heterocycles. The first-order valence-electron chi connectivity index (χ1n) is 19.9. The lowest BCUT2D eigenvalue weighted by atomic mass is 10.2. The van der Waals surface area contributed by atoms with Gasteiger partial charge in [0.2, 0.25) is 0 Å². The molecule has 6 aromatic rings. The van der Waals surface area contributed by atoms with E-state index in [1.165, 1.54) is 64.7 Å². The van der Waals surface area contributed by atoms with Crippen molar-refractivity contribution in [2.45, 2.75) is 63.9 Å². The second-order valence-corrected chi connectivity index (χ2v) is 19.1. The van der Waals surface area contributed by atoms with Crippen molar-refractivity contribution in [2.24, 2.45) is 11.8 Å². The molecular weight excluding hydrogens is 899 g/mol. The maximum absolute atomic E-state index is 12.5. The number of thiazole rings is 2. The molecule has 64 heavy (non-hydrogen) atoms. The first kappa shape index (κ1) is 48.9. The number of carboxylic acid groups (broad SMARTS) is 2. The zero-order chi connectivity index (χ0) is 46.2. The number of hydrogen-bond donors (Lipinski definition) is 7. The van der Waals surface area contributed by atoms with Crippen LogP contribution in [-0.2, 0) is 12.2 Å². The van der Waals surface area contributed by atoms with E-state index in [-0.39, 0.29) is 11.3 Å². The number of aromatic nitrogens is 5. The molecule has 0 unspecified atom stereocenters. The number of carbonyl (C=O) groups excluding carboxylic acids is 2. The lowest BCUT2D eigenvalue weighted by Gasteiger charge is -2.14. The van der Waals surface area contributed by atoms with E-state index in [1.807, 2.05) is 50.2 Å². The molecule has 7 N–H and O–H groups in total. The summed E-state index contributed by atoms with van der Waals surface area (Å²) < 4.78 is 11.7. The van der Waals surface area contributed by atoms with Gasteiger partial charge >= 0.3 is 24.0 Å². The first-order chi connectivity index (χ1) is 30.6. The molecule has 338 valence electrons. The summed E-state index contributed by atoms with van der Waals surface area (Å²) in [5, 5.41) is 31.2.